The Kier molecular flexibility index (Phi) is 4.49. The maximum absolute atomic E-state index is 5.45. The number of hydrogen-bond donors (Lipinski definition) is 1. The van der Waals surface area contributed by atoms with E-state index in [1.165, 1.54) is 0 Å². The third kappa shape index (κ3) is 3.65. The fraction of sp³-hybridized carbons (Fsp3) is 0.692. The third-order valence-electron chi connectivity index (χ3n) is 3.12. The average Bonchev–Trinajstić information content (AvgIpc) is 2.36. The summed E-state index contributed by atoms with van der Waals surface area (Å²) >= 11 is 0. The van der Waals surface area contributed by atoms with Crippen LogP contribution in [0.4, 0.5) is 5.95 Å². The zero-order valence-corrected chi connectivity index (χ0v) is 11.4. The summed E-state index contributed by atoms with van der Waals surface area (Å²) in [5, 5.41) is 3.46. The molecule has 0 saturated carbocycles. The van der Waals surface area contributed by atoms with Crippen molar-refractivity contribution in [3.05, 3.63) is 17.5 Å². The topological polar surface area (TPSA) is 50.3 Å². The molecule has 0 aromatic carbocycles. The number of nitrogens with zero attached hydrogens (tertiary/aromatic N) is 3. The number of anilines is 1. The third-order valence-corrected chi connectivity index (χ3v) is 3.12. The molecular weight excluding hydrogens is 228 g/mol. The molecule has 1 saturated heterocycles. The molecule has 1 fully saturated rings. The molecule has 2 heterocycles. The minimum Gasteiger partial charge on any atom is -0.379 e. The van der Waals surface area contributed by atoms with E-state index in [0.29, 0.717) is 6.04 Å². The van der Waals surface area contributed by atoms with Crippen molar-refractivity contribution in [2.75, 3.05) is 38.3 Å². The lowest BCUT2D eigenvalue weighted by molar-refractivity contribution is 0.0749. The smallest absolute Gasteiger partial charge is 0.225 e. The molecule has 0 amide bonds. The molecule has 0 aliphatic carbocycles. The molecule has 1 aliphatic heterocycles. The quantitative estimate of drug-likeness (QED) is 0.860. The van der Waals surface area contributed by atoms with Crippen LogP contribution < -0.4 is 10.2 Å². The van der Waals surface area contributed by atoms with Crippen LogP contribution in [0, 0.1) is 13.8 Å². The first-order chi connectivity index (χ1) is 8.65. The lowest BCUT2D eigenvalue weighted by Crippen LogP contribution is -2.43. The molecule has 100 valence electrons. The van der Waals surface area contributed by atoms with Gasteiger partial charge < -0.3 is 15.0 Å². The summed E-state index contributed by atoms with van der Waals surface area (Å²) in [6.45, 7) is 7.53. The van der Waals surface area contributed by atoms with Gasteiger partial charge in [0.25, 0.3) is 0 Å². The number of ether oxygens (including phenoxy) is 1. The van der Waals surface area contributed by atoms with Crippen molar-refractivity contribution in [2.45, 2.75) is 26.3 Å². The molecule has 5 nitrogen and oxygen atoms in total. The number of morpholine rings is 1. The minimum absolute atomic E-state index is 0.451. The Labute approximate surface area is 109 Å². The summed E-state index contributed by atoms with van der Waals surface area (Å²) < 4.78 is 5.45. The largest absolute Gasteiger partial charge is 0.379 e. The van der Waals surface area contributed by atoms with E-state index in [1.807, 2.05) is 27.0 Å². The monoisotopic (exact) mass is 250 g/mol. The molecular formula is C13H22N4O. The van der Waals surface area contributed by atoms with Gasteiger partial charge in [-0.1, -0.05) is 0 Å². The lowest BCUT2D eigenvalue weighted by atomic mass is 10.2. The molecule has 0 spiro atoms. The SMILES string of the molecule is Cc1cc(C)nc(N(C)CCC2COCCN2)n1. The van der Waals surface area contributed by atoms with Crippen LogP contribution in [-0.2, 0) is 4.74 Å². The van der Waals surface area contributed by atoms with Crippen molar-refractivity contribution in [2.24, 2.45) is 0 Å². The van der Waals surface area contributed by atoms with Crippen LogP contribution in [0.5, 0.6) is 0 Å². The molecule has 1 atom stereocenters. The maximum atomic E-state index is 5.45. The highest BCUT2D eigenvalue weighted by atomic mass is 16.5. The van der Waals surface area contributed by atoms with Gasteiger partial charge in [-0.3, -0.25) is 0 Å². The Bertz CT molecular complexity index is 370. The highest BCUT2D eigenvalue weighted by Gasteiger charge is 2.14. The first kappa shape index (κ1) is 13.2. The standard InChI is InChI=1S/C13H22N4O/c1-10-8-11(2)16-13(15-10)17(3)6-4-12-9-18-7-5-14-12/h8,12,14H,4-7,9H2,1-3H3. The maximum Gasteiger partial charge on any atom is 0.225 e. The first-order valence-corrected chi connectivity index (χ1v) is 6.49. The van der Waals surface area contributed by atoms with E-state index in [4.69, 9.17) is 4.74 Å². The summed E-state index contributed by atoms with van der Waals surface area (Å²) in [5.74, 6) is 0.809. The molecule has 1 N–H and O–H groups in total. The zero-order chi connectivity index (χ0) is 13.0. The van der Waals surface area contributed by atoms with Gasteiger partial charge in [-0.15, -0.1) is 0 Å². The molecule has 2 rings (SSSR count). The van der Waals surface area contributed by atoms with E-state index in [2.05, 4.69) is 20.2 Å². The first-order valence-electron chi connectivity index (χ1n) is 6.49. The number of nitrogens with one attached hydrogen (secondary N) is 1. The second-order valence-corrected chi connectivity index (χ2v) is 4.89. The van der Waals surface area contributed by atoms with Crippen LogP contribution in [0.1, 0.15) is 17.8 Å². The van der Waals surface area contributed by atoms with E-state index >= 15 is 0 Å². The Hall–Kier alpha value is -1.20. The summed E-state index contributed by atoms with van der Waals surface area (Å²) in [6.07, 6.45) is 1.05. The molecule has 5 heteroatoms. The zero-order valence-electron chi connectivity index (χ0n) is 11.4. The normalized spacial score (nSPS) is 19.8. The summed E-state index contributed by atoms with van der Waals surface area (Å²) in [7, 11) is 2.04. The van der Waals surface area contributed by atoms with Crippen LogP contribution >= 0.6 is 0 Å². The van der Waals surface area contributed by atoms with Crippen molar-refractivity contribution in [3.8, 4) is 0 Å². The van der Waals surface area contributed by atoms with Gasteiger partial charge >= 0.3 is 0 Å². The molecule has 18 heavy (non-hydrogen) atoms. The van der Waals surface area contributed by atoms with Gasteiger partial charge in [0.05, 0.1) is 13.2 Å². The summed E-state index contributed by atoms with van der Waals surface area (Å²) in [4.78, 5) is 11.0. The van der Waals surface area contributed by atoms with Crippen LogP contribution in [-0.4, -0.2) is 49.4 Å². The predicted octanol–water partition coefficient (Wildman–Crippen LogP) is 0.908. The van der Waals surface area contributed by atoms with Crippen LogP contribution in [0.25, 0.3) is 0 Å². The molecule has 0 bridgehead atoms. The summed E-state index contributed by atoms with van der Waals surface area (Å²) in [6, 6.07) is 2.44. The van der Waals surface area contributed by atoms with Gasteiger partial charge in [0.15, 0.2) is 0 Å². The second-order valence-electron chi connectivity index (χ2n) is 4.89. The van der Waals surface area contributed by atoms with E-state index in [0.717, 1.165) is 50.1 Å². The summed E-state index contributed by atoms with van der Waals surface area (Å²) in [5.41, 5.74) is 2.03. The van der Waals surface area contributed by atoms with Crippen molar-refractivity contribution in [1.82, 2.24) is 15.3 Å². The highest BCUT2D eigenvalue weighted by molar-refractivity contribution is 5.30. The van der Waals surface area contributed by atoms with E-state index in [-0.39, 0.29) is 0 Å². The van der Waals surface area contributed by atoms with Gasteiger partial charge in [-0.25, -0.2) is 9.97 Å². The van der Waals surface area contributed by atoms with Crippen LogP contribution in [0.3, 0.4) is 0 Å². The van der Waals surface area contributed by atoms with Crippen molar-refractivity contribution < 1.29 is 4.74 Å². The number of rotatable bonds is 4. The van der Waals surface area contributed by atoms with E-state index in [9.17, 15) is 0 Å². The van der Waals surface area contributed by atoms with Gasteiger partial charge in [0.1, 0.15) is 0 Å². The van der Waals surface area contributed by atoms with Gasteiger partial charge in [0.2, 0.25) is 5.95 Å². The fourth-order valence-corrected chi connectivity index (χ4v) is 2.13. The Balaban J connectivity index is 1.88. The predicted molar refractivity (Wildman–Crippen MR) is 72.0 cm³/mol. The van der Waals surface area contributed by atoms with E-state index < -0.39 is 0 Å². The molecule has 1 aromatic rings. The highest BCUT2D eigenvalue weighted by Crippen LogP contribution is 2.09. The minimum atomic E-state index is 0.451. The van der Waals surface area contributed by atoms with Gasteiger partial charge in [-0.2, -0.15) is 0 Å². The lowest BCUT2D eigenvalue weighted by Gasteiger charge is -2.26. The number of aromatic nitrogens is 2. The van der Waals surface area contributed by atoms with Gasteiger partial charge in [0, 0.05) is 37.6 Å². The Morgan fingerprint density at radius 2 is 2.11 bits per heavy atom. The number of aryl methyl sites for hydroxylation is 2. The van der Waals surface area contributed by atoms with Crippen LogP contribution in [0.15, 0.2) is 6.07 Å². The fourth-order valence-electron chi connectivity index (χ4n) is 2.13. The van der Waals surface area contributed by atoms with E-state index in [1.54, 1.807) is 0 Å². The van der Waals surface area contributed by atoms with Crippen molar-refractivity contribution in [1.29, 1.82) is 0 Å². The Morgan fingerprint density at radius 1 is 1.39 bits per heavy atom. The van der Waals surface area contributed by atoms with Crippen molar-refractivity contribution >= 4 is 5.95 Å². The molecule has 1 aliphatic rings. The Morgan fingerprint density at radius 3 is 2.72 bits per heavy atom. The second kappa shape index (κ2) is 6.11. The molecule has 0 radical (unpaired) electrons. The number of hydrogen-bond acceptors (Lipinski definition) is 5. The van der Waals surface area contributed by atoms with Gasteiger partial charge in [-0.05, 0) is 26.3 Å². The average molecular weight is 250 g/mol. The van der Waals surface area contributed by atoms with Crippen molar-refractivity contribution in [3.63, 3.8) is 0 Å². The molecule has 1 aromatic heterocycles. The molecule has 1 unspecified atom stereocenters. The van der Waals surface area contributed by atoms with Crippen LogP contribution in [0.2, 0.25) is 0 Å².